The predicted molar refractivity (Wildman–Crippen MR) is 110 cm³/mol. The first-order chi connectivity index (χ1) is 12.0. The van der Waals surface area contributed by atoms with Crippen molar-refractivity contribution in [3.8, 4) is 0 Å². The SMILES string of the molecule is CNC(=O)C(Cc1ccccc1Cl)CC(O)[C@@H](N)CC1CCCCC1.Cl. The van der Waals surface area contributed by atoms with E-state index < -0.39 is 6.10 Å². The molecule has 3 atom stereocenters. The van der Waals surface area contributed by atoms with E-state index in [2.05, 4.69) is 5.32 Å². The molecule has 4 nitrogen and oxygen atoms in total. The van der Waals surface area contributed by atoms with Crippen molar-refractivity contribution >= 4 is 29.9 Å². The van der Waals surface area contributed by atoms with Crippen molar-refractivity contribution in [2.45, 2.75) is 63.5 Å². The van der Waals surface area contributed by atoms with Crippen LogP contribution in [-0.2, 0) is 11.2 Å². The van der Waals surface area contributed by atoms with Gasteiger partial charge in [-0.05, 0) is 36.8 Å². The highest BCUT2D eigenvalue weighted by Crippen LogP contribution is 2.29. The second-order valence-electron chi connectivity index (χ2n) is 7.31. The van der Waals surface area contributed by atoms with E-state index in [1.165, 1.54) is 32.1 Å². The minimum absolute atomic E-state index is 0. The lowest BCUT2D eigenvalue weighted by atomic mass is 9.82. The van der Waals surface area contributed by atoms with Gasteiger partial charge in [-0.1, -0.05) is 61.9 Å². The van der Waals surface area contributed by atoms with Crippen LogP contribution in [0.4, 0.5) is 0 Å². The summed E-state index contributed by atoms with van der Waals surface area (Å²) in [6, 6.07) is 7.25. The summed E-state index contributed by atoms with van der Waals surface area (Å²) in [5.41, 5.74) is 7.18. The van der Waals surface area contributed by atoms with Gasteiger partial charge in [0.15, 0.2) is 0 Å². The highest BCUT2D eigenvalue weighted by atomic mass is 35.5. The normalized spacial score (nSPS) is 18.5. The van der Waals surface area contributed by atoms with Crippen LogP contribution in [0.5, 0.6) is 0 Å². The summed E-state index contributed by atoms with van der Waals surface area (Å²) >= 11 is 6.23. The van der Waals surface area contributed by atoms with Gasteiger partial charge in [0.1, 0.15) is 0 Å². The maximum atomic E-state index is 12.3. The zero-order valence-corrected chi connectivity index (χ0v) is 17.1. The molecule has 0 saturated heterocycles. The Kier molecular flexibility index (Phi) is 10.6. The number of hydrogen-bond acceptors (Lipinski definition) is 3. The Morgan fingerprint density at radius 1 is 1.31 bits per heavy atom. The second-order valence-corrected chi connectivity index (χ2v) is 7.72. The lowest BCUT2D eigenvalue weighted by Gasteiger charge is -2.28. The Morgan fingerprint density at radius 3 is 2.58 bits per heavy atom. The third-order valence-corrected chi connectivity index (χ3v) is 5.76. The van der Waals surface area contributed by atoms with Gasteiger partial charge in [0.25, 0.3) is 0 Å². The minimum Gasteiger partial charge on any atom is -0.391 e. The summed E-state index contributed by atoms with van der Waals surface area (Å²) in [4.78, 5) is 12.3. The molecule has 2 unspecified atom stereocenters. The smallest absolute Gasteiger partial charge is 0.223 e. The monoisotopic (exact) mass is 402 g/mol. The number of carbonyl (C=O) groups is 1. The van der Waals surface area contributed by atoms with Gasteiger partial charge in [-0.2, -0.15) is 0 Å². The van der Waals surface area contributed by atoms with Crippen LogP contribution < -0.4 is 11.1 Å². The molecule has 0 bridgehead atoms. The van der Waals surface area contributed by atoms with Gasteiger partial charge in [-0.25, -0.2) is 0 Å². The zero-order chi connectivity index (χ0) is 18.2. The highest BCUT2D eigenvalue weighted by Gasteiger charge is 2.27. The number of amides is 1. The molecule has 1 aromatic carbocycles. The number of rotatable bonds is 8. The molecule has 6 heteroatoms. The maximum absolute atomic E-state index is 12.3. The lowest BCUT2D eigenvalue weighted by molar-refractivity contribution is -0.125. The first kappa shape index (κ1) is 23.2. The molecule has 0 radical (unpaired) electrons. The van der Waals surface area contributed by atoms with E-state index >= 15 is 0 Å². The van der Waals surface area contributed by atoms with E-state index in [1.54, 1.807) is 7.05 Å². The van der Waals surface area contributed by atoms with Crippen LogP contribution in [0.2, 0.25) is 5.02 Å². The quantitative estimate of drug-likeness (QED) is 0.619. The molecule has 0 aromatic heterocycles. The largest absolute Gasteiger partial charge is 0.391 e. The van der Waals surface area contributed by atoms with Gasteiger partial charge in [0.2, 0.25) is 5.91 Å². The van der Waals surface area contributed by atoms with Gasteiger partial charge in [-0.15, -0.1) is 12.4 Å². The highest BCUT2D eigenvalue weighted by molar-refractivity contribution is 6.31. The summed E-state index contributed by atoms with van der Waals surface area (Å²) in [6.07, 6.45) is 7.29. The third-order valence-electron chi connectivity index (χ3n) is 5.39. The fraction of sp³-hybridized carbons (Fsp3) is 0.650. The molecule has 2 rings (SSSR count). The van der Waals surface area contributed by atoms with Gasteiger partial charge < -0.3 is 16.2 Å². The Labute approximate surface area is 168 Å². The van der Waals surface area contributed by atoms with Crippen molar-refractivity contribution in [3.05, 3.63) is 34.9 Å². The van der Waals surface area contributed by atoms with Gasteiger partial charge in [0, 0.05) is 24.0 Å². The van der Waals surface area contributed by atoms with Gasteiger partial charge in [0.05, 0.1) is 6.10 Å². The van der Waals surface area contributed by atoms with Crippen molar-refractivity contribution in [3.63, 3.8) is 0 Å². The van der Waals surface area contributed by atoms with Crippen LogP contribution >= 0.6 is 24.0 Å². The number of nitrogens with two attached hydrogens (primary N) is 1. The van der Waals surface area contributed by atoms with E-state index in [1.807, 2.05) is 24.3 Å². The topological polar surface area (TPSA) is 75.3 Å². The molecule has 1 aliphatic rings. The molecule has 0 aliphatic heterocycles. The van der Waals surface area contributed by atoms with E-state index in [0.29, 0.717) is 23.8 Å². The lowest BCUT2D eigenvalue weighted by Crippen LogP contribution is -2.41. The van der Waals surface area contributed by atoms with E-state index in [-0.39, 0.29) is 30.3 Å². The molecule has 0 heterocycles. The number of hydrogen-bond donors (Lipinski definition) is 3. The second kappa shape index (κ2) is 11.8. The van der Waals surface area contributed by atoms with E-state index in [0.717, 1.165) is 12.0 Å². The fourth-order valence-electron chi connectivity index (χ4n) is 3.85. The van der Waals surface area contributed by atoms with E-state index in [4.69, 9.17) is 17.3 Å². The molecular formula is C20H32Cl2N2O2. The average Bonchev–Trinajstić information content (AvgIpc) is 2.63. The molecule has 1 fully saturated rings. The molecular weight excluding hydrogens is 371 g/mol. The first-order valence-electron chi connectivity index (χ1n) is 9.40. The summed E-state index contributed by atoms with van der Waals surface area (Å²) in [5, 5.41) is 13.9. The zero-order valence-electron chi connectivity index (χ0n) is 15.5. The standard InChI is InChI=1S/C20H31ClN2O2.ClH/c1-23-20(25)16(12-15-9-5-6-10-17(15)21)13-19(24)18(22)11-14-7-3-2-4-8-14;/h5-6,9-10,14,16,18-19,24H,2-4,7-8,11-13,22H2,1H3,(H,23,25);1H/t16?,18-,19?;/m0./s1. The van der Waals surface area contributed by atoms with Crippen LogP contribution in [-0.4, -0.2) is 30.2 Å². The summed E-state index contributed by atoms with van der Waals surface area (Å²) in [6.45, 7) is 0. The molecule has 148 valence electrons. The molecule has 1 saturated carbocycles. The fourth-order valence-corrected chi connectivity index (χ4v) is 4.06. The predicted octanol–water partition coefficient (Wildman–Crippen LogP) is 3.72. The average molecular weight is 403 g/mol. The van der Waals surface area contributed by atoms with Crippen LogP contribution in [0.25, 0.3) is 0 Å². The number of aliphatic hydroxyl groups is 1. The number of carbonyl (C=O) groups excluding carboxylic acids is 1. The van der Waals surface area contributed by atoms with E-state index in [9.17, 15) is 9.90 Å². The van der Waals surface area contributed by atoms with Crippen LogP contribution in [0.15, 0.2) is 24.3 Å². The van der Waals surface area contributed by atoms with Crippen molar-refractivity contribution in [2.75, 3.05) is 7.05 Å². The molecule has 0 spiro atoms. The summed E-state index contributed by atoms with van der Waals surface area (Å²) in [5.74, 6) is 0.196. The Morgan fingerprint density at radius 2 is 1.96 bits per heavy atom. The number of aliphatic hydroxyl groups excluding tert-OH is 1. The molecule has 26 heavy (non-hydrogen) atoms. The van der Waals surface area contributed by atoms with Crippen LogP contribution in [0, 0.1) is 11.8 Å². The van der Waals surface area contributed by atoms with Crippen molar-refractivity contribution in [1.82, 2.24) is 5.32 Å². The molecule has 4 N–H and O–H groups in total. The Bertz CT molecular complexity index is 550. The van der Waals surface area contributed by atoms with Crippen molar-refractivity contribution < 1.29 is 9.90 Å². The number of halogens is 2. The van der Waals surface area contributed by atoms with Crippen LogP contribution in [0.3, 0.4) is 0 Å². The summed E-state index contributed by atoms with van der Waals surface area (Å²) < 4.78 is 0. The number of benzene rings is 1. The summed E-state index contributed by atoms with van der Waals surface area (Å²) in [7, 11) is 1.62. The Hall–Kier alpha value is -0.810. The Balaban J connectivity index is 0.00000338. The third kappa shape index (κ3) is 7.07. The van der Waals surface area contributed by atoms with Gasteiger partial charge in [-0.3, -0.25) is 4.79 Å². The van der Waals surface area contributed by atoms with Crippen molar-refractivity contribution in [1.29, 1.82) is 0 Å². The molecule has 1 amide bonds. The molecule has 1 aromatic rings. The maximum Gasteiger partial charge on any atom is 0.223 e. The number of nitrogens with one attached hydrogen (secondary N) is 1. The van der Waals surface area contributed by atoms with Crippen LogP contribution in [0.1, 0.15) is 50.5 Å². The minimum atomic E-state index is -0.674. The molecule has 1 aliphatic carbocycles. The van der Waals surface area contributed by atoms with Gasteiger partial charge >= 0.3 is 0 Å². The first-order valence-corrected chi connectivity index (χ1v) is 9.77. The van der Waals surface area contributed by atoms with Crippen molar-refractivity contribution in [2.24, 2.45) is 17.6 Å².